The molecule has 0 aliphatic rings. The quantitative estimate of drug-likeness (QED) is 0.839. The molecule has 1 heterocycles. The Morgan fingerprint density at radius 2 is 1.89 bits per heavy atom. The van der Waals surface area contributed by atoms with E-state index in [0.717, 1.165) is 16.5 Å². The van der Waals surface area contributed by atoms with Crippen LogP contribution in [0.5, 0.6) is 0 Å². The second-order valence-electron chi connectivity index (χ2n) is 4.69. The van der Waals surface area contributed by atoms with Crippen LogP contribution < -0.4 is 5.32 Å². The number of hydrogen-bond acceptors (Lipinski definition) is 3. The third kappa shape index (κ3) is 4.08. The maximum Gasteiger partial charge on any atom is 0.0966 e. The highest BCUT2D eigenvalue weighted by Gasteiger charge is 2.09. The lowest BCUT2D eigenvalue weighted by atomic mass is 10.1. The Morgan fingerprint density at radius 1 is 1.16 bits per heavy atom. The van der Waals surface area contributed by atoms with Crippen LogP contribution >= 0.6 is 11.8 Å². The number of aryl methyl sites for hydroxylation is 2. The number of nitrogens with zero attached hydrogens (tertiary/aromatic N) is 1. The van der Waals surface area contributed by atoms with Gasteiger partial charge in [-0.15, -0.1) is 11.8 Å². The first kappa shape index (κ1) is 14.1. The summed E-state index contributed by atoms with van der Waals surface area (Å²) >= 11 is 1.80. The predicted molar refractivity (Wildman–Crippen MR) is 82.7 cm³/mol. The number of nitrogens with one attached hydrogen (secondary N) is 1. The highest BCUT2D eigenvalue weighted by atomic mass is 32.2. The molecule has 2 aromatic rings. The van der Waals surface area contributed by atoms with Crippen LogP contribution in [0.2, 0.25) is 0 Å². The molecular weight excluding hydrogens is 252 g/mol. The molecule has 0 saturated carbocycles. The van der Waals surface area contributed by atoms with Gasteiger partial charge in [-0.1, -0.05) is 30.3 Å². The number of rotatable bonds is 5. The smallest absolute Gasteiger partial charge is 0.0966 e. The zero-order valence-corrected chi connectivity index (χ0v) is 12.5. The van der Waals surface area contributed by atoms with Crippen LogP contribution in [0.25, 0.3) is 0 Å². The second kappa shape index (κ2) is 6.73. The molecule has 0 fully saturated rings. The highest BCUT2D eigenvalue weighted by Crippen LogP contribution is 2.24. The molecule has 2 rings (SSSR count). The van der Waals surface area contributed by atoms with Gasteiger partial charge in [-0.2, -0.15) is 0 Å². The summed E-state index contributed by atoms with van der Waals surface area (Å²) in [5, 5.41) is 4.47. The molecule has 1 unspecified atom stereocenters. The van der Waals surface area contributed by atoms with Gasteiger partial charge in [0, 0.05) is 17.5 Å². The van der Waals surface area contributed by atoms with Crippen molar-refractivity contribution in [1.82, 2.24) is 10.3 Å². The molecule has 3 heteroatoms. The van der Waals surface area contributed by atoms with E-state index in [-0.39, 0.29) is 0 Å². The number of pyridine rings is 1. The molecule has 0 spiro atoms. The van der Waals surface area contributed by atoms with E-state index in [0.29, 0.717) is 6.04 Å². The summed E-state index contributed by atoms with van der Waals surface area (Å²) in [6, 6.07) is 15.2. The summed E-state index contributed by atoms with van der Waals surface area (Å²) in [7, 11) is 2.01. The van der Waals surface area contributed by atoms with Crippen molar-refractivity contribution in [3.8, 4) is 0 Å². The Labute approximate surface area is 119 Å². The predicted octanol–water partition coefficient (Wildman–Crippen LogP) is 3.75. The molecule has 1 atom stereocenters. The average molecular weight is 272 g/mol. The highest BCUT2D eigenvalue weighted by molar-refractivity contribution is 7.99. The summed E-state index contributed by atoms with van der Waals surface area (Å²) in [5.74, 6) is 0.983. The summed E-state index contributed by atoms with van der Waals surface area (Å²) in [6.07, 6.45) is 0. The zero-order chi connectivity index (χ0) is 13.7. The van der Waals surface area contributed by atoms with Gasteiger partial charge in [0.05, 0.1) is 5.03 Å². The van der Waals surface area contributed by atoms with Crippen LogP contribution in [0.4, 0.5) is 0 Å². The summed E-state index contributed by atoms with van der Waals surface area (Å²) in [4.78, 5) is 4.57. The maximum absolute atomic E-state index is 4.57. The molecule has 1 aromatic heterocycles. The normalized spacial score (nSPS) is 12.4. The third-order valence-corrected chi connectivity index (χ3v) is 4.03. The Balaban J connectivity index is 2.04. The van der Waals surface area contributed by atoms with Crippen LogP contribution in [-0.2, 0) is 0 Å². The average Bonchev–Trinajstić information content (AvgIpc) is 2.39. The molecule has 0 aliphatic carbocycles. The summed E-state index contributed by atoms with van der Waals surface area (Å²) in [6.45, 7) is 4.16. The Hall–Kier alpha value is -1.32. The van der Waals surface area contributed by atoms with Gasteiger partial charge in [-0.05, 0) is 44.2 Å². The van der Waals surface area contributed by atoms with Crippen molar-refractivity contribution in [1.29, 1.82) is 0 Å². The molecular formula is C16H20N2S. The Morgan fingerprint density at radius 3 is 2.53 bits per heavy atom. The van der Waals surface area contributed by atoms with Crippen LogP contribution in [0.1, 0.15) is 22.9 Å². The summed E-state index contributed by atoms with van der Waals surface area (Å²) in [5.41, 5.74) is 3.68. The largest absolute Gasteiger partial charge is 0.312 e. The standard InChI is InChI=1S/C16H20N2S/c1-12-9-13(2)18-16(10-12)19-11-15(17-3)14-7-5-4-6-8-14/h4-10,15,17H,11H2,1-3H3. The summed E-state index contributed by atoms with van der Waals surface area (Å²) < 4.78 is 0. The van der Waals surface area contributed by atoms with Gasteiger partial charge in [0.15, 0.2) is 0 Å². The first-order chi connectivity index (χ1) is 9.19. The van der Waals surface area contributed by atoms with Crippen molar-refractivity contribution in [3.63, 3.8) is 0 Å². The lowest BCUT2D eigenvalue weighted by Gasteiger charge is -2.16. The van der Waals surface area contributed by atoms with Crippen molar-refractivity contribution in [2.24, 2.45) is 0 Å². The Kier molecular flexibility index (Phi) is 5.00. The van der Waals surface area contributed by atoms with E-state index in [1.54, 1.807) is 11.8 Å². The first-order valence-electron chi connectivity index (χ1n) is 6.49. The molecule has 0 aliphatic heterocycles. The van der Waals surface area contributed by atoms with Crippen LogP contribution in [-0.4, -0.2) is 17.8 Å². The van der Waals surface area contributed by atoms with Crippen LogP contribution in [0, 0.1) is 13.8 Å². The van der Waals surface area contributed by atoms with Gasteiger partial charge in [-0.3, -0.25) is 0 Å². The van der Waals surface area contributed by atoms with E-state index in [2.05, 4.69) is 59.7 Å². The van der Waals surface area contributed by atoms with Crippen LogP contribution in [0.3, 0.4) is 0 Å². The van der Waals surface area contributed by atoms with Crippen LogP contribution in [0.15, 0.2) is 47.5 Å². The van der Waals surface area contributed by atoms with Gasteiger partial charge in [0.2, 0.25) is 0 Å². The van der Waals surface area contributed by atoms with E-state index >= 15 is 0 Å². The van der Waals surface area contributed by atoms with E-state index in [9.17, 15) is 0 Å². The minimum atomic E-state index is 0.355. The monoisotopic (exact) mass is 272 g/mol. The number of hydrogen-bond donors (Lipinski definition) is 1. The molecule has 2 nitrogen and oxygen atoms in total. The van der Waals surface area contributed by atoms with E-state index < -0.39 is 0 Å². The van der Waals surface area contributed by atoms with Crippen molar-refractivity contribution >= 4 is 11.8 Å². The molecule has 0 bridgehead atoms. The molecule has 100 valence electrons. The number of benzene rings is 1. The number of thioether (sulfide) groups is 1. The molecule has 0 amide bonds. The van der Waals surface area contributed by atoms with Crippen molar-refractivity contribution in [2.75, 3.05) is 12.8 Å². The van der Waals surface area contributed by atoms with Crippen molar-refractivity contribution in [2.45, 2.75) is 24.9 Å². The van der Waals surface area contributed by atoms with E-state index in [1.807, 2.05) is 14.0 Å². The lowest BCUT2D eigenvalue weighted by molar-refractivity contribution is 0.661. The third-order valence-electron chi connectivity index (χ3n) is 3.02. The SMILES string of the molecule is CNC(CSc1cc(C)cc(C)n1)c1ccccc1. The fourth-order valence-electron chi connectivity index (χ4n) is 2.08. The van der Waals surface area contributed by atoms with Gasteiger partial charge < -0.3 is 5.32 Å². The maximum atomic E-state index is 4.57. The molecule has 1 aromatic carbocycles. The zero-order valence-electron chi connectivity index (χ0n) is 11.7. The molecule has 0 saturated heterocycles. The second-order valence-corrected chi connectivity index (χ2v) is 5.73. The molecule has 1 N–H and O–H groups in total. The molecule has 0 radical (unpaired) electrons. The fourth-order valence-corrected chi connectivity index (χ4v) is 3.25. The topological polar surface area (TPSA) is 24.9 Å². The van der Waals surface area contributed by atoms with Gasteiger partial charge in [0.1, 0.15) is 0 Å². The minimum Gasteiger partial charge on any atom is -0.312 e. The van der Waals surface area contributed by atoms with Crippen molar-refractivity contribution < 1.29 is 0 Å². The minimum absolute atomic E-state index is 0.355. The van der Waals surface area contributed by atoms with Crippen molar-refractivity contribution in [3.05, 3.63) is 59.3 Å². The number of aromatic nitrogens is 1. The van der Waals surface area contributed by atoms with Gasteiger partial charge in [-0.25, -0.2) is 4.98 Å². The first-order valence-corrected chi connectivity index (χ1v) is 7.48. The van der Waals surface area contributed by atoms with Gasteiger partial charge in [0.25, 0.3) is 0 Å². The van der Waals surface area contributed by atoms with E-state index in [1.165, 1.54) is 11.1 Å². The van der Waals surface area contributed by atoms with Gasteiger partial charge >= 0.3 is 0 Å². The molecule has 19 heavy (non-hydrogen) atoms. The Bertz CT molecular complexity index is 505. The fraction of sp³-hybridized carbons (Fsp3) is 0.312. The van der Waals surface area contributed by atoms with E-state index in [4.69, 9.17) is 0 Å². The lowest BCUT2D eigenvalue weighted by Crippen LogP contribution is -2.18.